The van der Waals surface area contributed by atoms with Crippen molar-refractivity contribution >= 4 is 16.0 Å². The summed E-state index contributed by atoms with van der Waals surface area (Å²) in [6.45, 7) is 2.21. The van der Waals surface area contributed by atoms with Crippen molar-refractivity contribution in [3.8, 4) is 0 Å². The van der Waals surface area contributed by atoms with Crippen LogP contribution in [0.2, 0.25) is 0 Å². The third-order valence-electron chi connectivity index (χ3n) is 2.09. The summed E-state index contributed by atoms with van der Waals surface area (Å²) in [6.07, 6.45) is 0.722. The van der Waals surface area contributed by atoms with E-state index in [1.807, 2.05) is 6.92 Å². The average molecular weight is 257 g/mol. The normalized spacial score (nSPS) is 11.2. The van der Waals surface area contributed by atoms with Gasteiger partial charge in [0.2, 0.25) is 10.0 Å². The lowest BCUT2D eigenvalue weighted by atomic mass is 10.2. The van der Waals surface area contributed by atoms with Gasteiger partial charge in [-0.25, -0.2) is 17.9 Å². The van der Waals surface area contributed by atoms with Crippen LogP contribution < -0.4 is 4.72 Å². The zero-order valence-electron chi connectivity index (χ0n) is 9.76. The number of carbonyl (C=O) groups excluding carboxylic acids is 1. The first-order valence-corrected chi connectivity index (χ1v) is 6.70. The Morgan fingerprint density at radius 3 is 2.71 bits per heavy atom. The van der Waals surface area contributed by atoms with Crippen LogP contribution in [0.1, 0.15) is 23.7 Å². The second-order valence-corrected chi connectivity index (χ2v) is 5.26. The number of hydrogen-bond donors (Lipinski definition) is 1. The van der Waals surface area contributed by atoms with E-state index in [-0.39, 0.29) is 10.5 Å². The molecule has 0 aliphatic carbocycles. The van der Waals surface area contributed by atoms with Gasteiger partial charge in [-0.3, -0.25) is 0 Å². The van der Waals surface area contributed by atoms with Crippen molar-refractivity contribution in [3.63, 3.8) is 0 Å². The standard InChI is InChI=1S/C11H15NO4S/c1-3-7-16-11(13)9-5-4-6-10(8-9)17(14,15)12-2/h4-6,8,12H,3,7H2,1-2H3. The van der Waals surface area contributed by atoms with Crippen molar-refractivity contribution in [2.24, 2.45) is 0 Å². The molecule has 5 nitrogen and oxygen atoms in total. The molecule has 0 aromatic heterocycles. The Kier molecular flexibility index (Phi) is 4.65. The van der Waals surface area contributed by atoms with Crippen molar-refractivity contribution in [2.75, 3.05) is 13.7 Å². The summed E-state index contributed by atoms with van der Waals surface area (Å²) >= 11 is 0. The van der Waals surface area contributed by atoms with Crippen LogP contribution in [0, 0.1) is 0 Å². The van der Waals surface area contributed by atoms with Crippen LogP contribution in [0.5, 0.6) is 0 Å². The molecule has 0 spiro atoms. The molecule has 1 N–H and O–H groups in total. The highest BCUT2D eigenvalue weighted by molar-refractivity contribution is 7.89. The summed E-state index contributed by atoms with van der Waals surface area (Å²) in [5, 5.41) is 0. The van der Waals surface area contributed by atoms with Crippen LogP contribution in [0.3, 0.4) is 0 Å². The summed E-state index contributed by atoms with van der Waals surface area (Å²) in [4.78, 5) is 11.6. The van der Waals surface area contributed by atoms with Crippen LogP contribution in [-0.2, 0) is 14.8 Å². The minimum atomic E-state index is -3.53. The molecule has 0 bridgehead atoms. The van der Waals surface area contributed by atoms with Gasteiger partial charge in [0.15, 0.2) is 0 Å². The monoisotopic (exact) mass is 257 g/mol. The van der Waals surface area contributed by atoms with E-state index in [0.29, 0.717) is 6.61 Å². The molecular weight excluding hydrogens is 242 g/mol. The third-order valence-corrected chi connectivity index (χ3v) is 3.50. The van der Waals surface area contributed by atoms with Crippen LogP contribution in [-0.4, -0.2) is 28.0 Å². The molecule has 0 amide bonds. The van der Waals surface area contributed by atoms with Crippen molar-refractivity contribution in [1.29, 1.82) is 0 Å². The van der Waals surface area contributed by atoms with Gasteiger partial charge in [-0.15, -0.1) is 0 Å². The highest BCUT2D eigenvalue weighted by atomic mass is 32.2. The highest BCUT2D eigenvalue weighted by Gasteiger charge is 2.14. The molecule has 6 heteroatoms. The zero-order valence-corrected chi connectivity index (χ0v) is 10.6. The van der Waals surface area contributed by atoms with Crippen molar-refractivity contribution < 1.29 is 17.9 Å². The molecule has 0 saturated carbocycles. The van der Waals surface area contributed by atoms with Gasteiger partial charge in [-0.2, -0.15) is 0 Å². The lowest BCUT2D eigenvalue weighted by molar-refractivity contribution is 0.0505. The van der Waals surface area contributed by atoms with Crippen molar-refractivity contribution in [1.82, 2.24) is 4.72 Å². The predicted octanol–water partition coefficient (Wildman–Crippen LogP) is 1.16. The number of hydrogen-bond acceptors (Lipinski definition) is 4. The molecule has 17 heavy (non-hydrogen) atoms. The molecule has 0 radical (unpaired) electrons. The van der Waals surface area contributed by atoms with Gasteiger partial charge < -0.3 is 4.74 Å². The minimum Gasteiger partial charge on any atom is -0.462 e. The fraction of sp³-hybridized carbons (Fsp3) is 0.364. The molecular formula is C11H15NO4S. The molecule has 0 aliphatic heterocycles. The summed E-state index contributed by atoms with van der Waals surface area (Å²) in [5.74, 6) is -0.514. The highest BCUT2D eigenvalue weighted by Crippen LogP contribution is 2.12. The molecule has 1 aromatic rings. The molecule has 0 atom stereocenters. The second-order valence-electron chi connectivity index (χ2n) is 3.37. The Balaban J connectivity index is 2.98. The van der Waals surface area contributed by atoms with Gasteiger partial charge in [0.05, 0.1) is 17.1 Å². The molecule has 0 aliphatic rings. The maximum absolute atomic E-state index is 11.5. The molecule has 1 aromatic carbocycles. The Hall–Kier alpha value is -1.40. The van der Waals surface area contributed by atoms with E-state index in [1.54, 1.807) is 0 Å². The maximum atomic E-state index is 11.5. The van der Waals surface area contributed by atoms with E-state index < -0.39 is 16.0 Å². The largest absolute Gasteiger partial charge is 0.462 e. The van der Waals surface area contributed by atoms with Gasteiger partial charge >= 0.3 is 5.97 Å². The van der Waals surface area contributed by atoms with Gasteiger partial charge in [0.1, 0.15) is 0 Å². The third kappa shape index (κ3) is 3.54. The van der Waals surface area contributed by atoms with E-state index in [9.17, 15) is 13.2 Å². The fourth-order valence-corrected chi connectivity index (χ4v) is 1.96. The quantitative estimate of drug-likeness (QED) is 0.803. The smallest absolute Gasteiger partial charge is 0.338 e. The average Bonchev–Trinajstić information content (AvgIpc) is 2.36. The number of ether oxygens (including phenoxy) is 1. The van der Waals surface area contributed by atoms with E-state index in [0.717, 1.165) is 6.42 Å². The number of benzene rings is 1. The minimum absolute atomic E-state index is 0.0472. The fourth-order valence-electron chi connectivity index (χ4n) is 1.19. The van der Waals surface area contributed by atoms with Gasteiger partial charge in [-0.05, 0) is 31.7 Å². The SMILES string of the molecule is CCCOC(=O)c1cccc(S(=O)(=O)NC)c1. The van der Waals surface area contributed by atoms with Gasteiger partial charge in [0.25, 0.3) is 0 Å². The molecule has 0 saturated heterocycles. The molecule has 94 valence electrons. The number of rotatable bonds is 5. The van der Waals surface area contributed by atoms with E-state index in [2.05, 4.69) is 4.72 Å². The Morgan fingerprint density at radius 1 is 1.41 bits per heavy atom. The lowest BCUT2D eigenvalue weighted by Crippen LogP contribution is -2.19. The van der Waals surface area contributed by atoms with E-state index >= 15 is 0 Å². The molecule has 0 unspecified atom stereocenters. The summed E-state index contributed by atoms with van der Waals surface area (Å²) < 4.78 is 30.2. The molecule has 0 heterocycles. The zero-order chi connectivity index (χ0) is 12.9. The van der Waals surface area contributed by atoms with Crippen LogP contribution in [0.25, 0.3) is 0 Å². The van der Waals surface area contributed by atoms with Gasteiger partial charge in [0, 0.05) is 0 Å². The topological polar surface area (TPSA) is 72.5 Å². The number of sulfonamides is 1. The van der Waals surface area contributed by atoms with Crippen LogP contribution in [0.4, 0.5) is 0 Å². The second kappa shape index (κ2) is 5.79. The van der Waals surface area contributed by atoms with Crippen LogP contribution in [0.15, 0.2) is 29.2 Å². The Morgan fingerprint density at radius 2 is 2.12 bits per heavy atom. The molecule has 0 fully saturated rings. The van der Waals surface area contributed by atoms with E-state index in [4.69, 9.17) is 4.74 Å². The first-order valence-electron chi connectivity index (χ1n) is 5.22. The van der Waals surface area contributed by atoms with Crippen LogP contribution >= 0.6 is 0 Å². The maximum Gasteiger partial charge on any atom is 0.338 e. The van der Waals surface area contributed by atoms with Gasteiger partial charge in [-0.1, -0.05) is 13.0 Å². The van der Waals surface area contributed by atoms with Crippen molar-refractivity contribution in [2.45, 2.75) is 18.2 Å². The summed E-state index contributed by atoms with van der Waals surface area (Å²) in [6, 6.07) is 5.74. The van der Waals surface area contributed by atoms with E-state index in [1.165, 1.54) is 31.3 Å². The Labute approximate surface area is 101 Å². The first-order chi connectivity index (χ1) is 8.01. The number of nitrogens with one attached hydrogen (secondary N) is 1. The number of carbonyl (C=O) groups is 1. The summed E-state index contributed by atoms with van der Waals surface area (Å²) in [7, 11) is -2.22. The lowest BCUT2D eigenvalue weighted by Gasteiger charge is -2.05. The predicted molar refractivity (Wildman–Crippen MR) is 63.3 cm³/mol. The number of esters is 1. The first kappa shape index (κ1) is 13.7. The molecule has 1 rings (SSSR count). The Bertz CT molecular complexity index is 496. The van der Waals surface area contributed by atoms with Crippen molar-refractivity contribution in [3.05, 3.63) is 29.8 Å². The summed E-state index contributed by atoms with van der Waals surface area (Å²) in [5.41, 5.74) is 0.231.